The Morgan fingerprint density at radius 2 is 1.91 bits per heavy atom. The largest absolute Gasteiger partial charge is 0.493 e. The summed E-state index contributed by atoms with van der Waals surface area (Å²) in [7, 11) is 0. The molecule has 1 N–H and O–H groups in total. The van der Waals surface area contributed by atoms with Crippen LogP contribution in [0.15, 0.2) is 42.5 Å². The molecule has 1 unspecified atom stereocenters. The number of carboxylic acids is 1. The minimum atomic E-state index is -0.800. The van der Waals surface area contributed by atoms with E-state index in [0.717, 1.165) is 34.4 Å². The molecule has 0 radical (unpaired) electrons. The first kappa shape index (κ1) is 17.1. The van der Waals surface area contributed by atoms with Crippen molar-refractivity contribution in [2.45, 2.75) is 39.5 Å². The predicted molar refractivity (Wildman–Crippen MR) is 92.2 cm³/mol. The monoisotopic (exact) mass is 312 g/mol. The summed E-state index contributed by atoms with van der Waals surface area (Å²) in [4.78, 5) is 11.7. The fraction of sp³-hybridized carbons (Fsp3) is 0.350. The highest BCUT2D eigenvalue weighted by atomic mass is 16.5. The molecule has 0 heterocycles. The van der Waals surface area contributed by atoms with Gasteiger partial charge in [-0.25, -0.2) is 0 Å². The molecule has 23 heavy (non-hydrogen) atoms. The topological polar surface area (TPSA) is 46.5 Å². The van der Waals surface area contributed by atoms with Crippen molar-refractivity contribution in [3.8, 4) is 5.75 Å². The first-order valence-electron chi connectivity index (χ1n) is 8.03. The quantitative estimate of drug-likeness (QED) is 0.818. The number of benzene rings is 2. The summed E-state index contributed by atoms with van der Waals surface area (Å²) in [6, 6.07) is 13.9. The van der Waals surface area contributed by atoms with Crippen molar-refractivity contribution in [2.75, 3.05) is 6.61 Å². The van der Waals surface area contributed by atoms with Crippen LogP contribution in [0.2, 0.25) is 0 Å². The van der Waals surface area contributed by atoms with Gasteiger partial charge in [0.2, 0.25) is 0 Å². The van der Waals surface area contributed by atoms with E-state index in [-0.39, 0.29) is 0 Å². The highest BCUT2D eigenvalue weighted by molar-refractivity contribution is 5.76. The number of hydrogen-bond donors (Lipinski definition) is 1. The van der Waals surface area contributed by atoms with E-state index in [4.69, 9.17) is 4.74 Å². The maximum absolute atomic E-state index is 11.7. The fourth-order valence-corrected chi connectivity index (χ4v) is 2.77. The van der Waals surface area contributed by atoms with Gasteiger partial charge < -0.3 is 9.84 Å². The second-order valence-electron chi connectivity index (χ2n) is 5.85. The summed E-state index contributed by atoms with van der Waals surface area (Å²) in [5.74, 6) is -0.491. The Morgan fingerprint density at radius 1 is 1.17 bits per heavy atom. The Labute approximate surface area is 137 Å². The number of hydrogen-bond acceptors (Lipinski definition) is 2. The molecule has 0 aromatic heterocycles. The summed E-state index contributed by atoms with van der Waals surface area (Å²) in [6.07, 6.45) is 1.35. The van der Waals surface area contributed by atoms with E-state index in [9.17, 15) is 9.90 Å². The third kappa shape index (κ3) is 4.35. The molecule has 0 amide bonds. The number of ether oxygens (including phenoxy) is 1. The van der Waals surface area contributed by atoms with Crippen LogP contribution in [-0.2, 0) is 11.2 Å². The Kier molecular flexibility index (Phi) is 5.80. The molecular weight excluding hydrogens is 288 g/mol. The Morgan fingerprint density at radius 3 is 2.61 bits per heavy atom. The first-order valence-corrected chi connectivity index (χ1v) is 8.03. The van der Waals surface area contributed by atoms with Crippen LogP contribution in [0.1, 0.15) is 41.5 Å². The molecule has 0 aliphatic rings. The van der Waals surface area contributed by atoms with Gasteiger partial charge >= 0.3 is 5.97 Å². The van der Waals surface area contributed by atoms with Crippen LogP contribution in [0, 0.1) is 13.8 Å². The number of para-hydroxylation sites is 1. The van der Waals surface area contributed by atoms with Crippen molar-refractivity contribution in [2.24, 2.45) is 0 Å². The lowest BCUT2D eigenvalue weighted by Crippen LogP contribution is -2.16. The van der Waals surface area contributed by atoms with E-state index in [1.165, 1.54) is 0 Å². The van der Waals surface area contributed by atoms with E-state index in [1.807, 2.05) is 56.3 Å². The predicted octanol–water partition coefficient (Wildman–Crippen LogP) is 4.50. The molecule has 0 saturated heterocycles. The highest BCUT2D eigenvalue weighted by Gasteiger charge is 2.22. The van der Waals surface area contributed by atoms with Gasteiger partial charge in [0.1, 0.15) is 5.75 Å². The van der Waals surface area contributed by atoms with Crippen molar-refractivity contribution >= 4 is 5.97 Å². The van der Waals surface area contributed by atoms with Gasteiger partial charge in [0.25, 0.3) is 0 Å². The third-order valence-electron chi connectivity index (χ3n) is 4.13. The average Bonchev–Trinajstić information content (AvgIpc) is 2.54. The minimum absolute atomic E-state index is 0.390. The van der Waals surface area contributed by atoms with E-state index >= 15 is 0 Å². The van der Waals surface area contributed by atoms with E-state index in [0.29, 0.717) is 13.0 Å². The zero-order chi connectivity index (χ0) is 16.8. The Balaban J connectivity index is 2.09. The van der Waals surface area contributed by atoms with Crippen LogP contribution in [-0.4, -0.2) is 17.7 Å². The molecule has 0 fully saturated rings. The van der Waals surface area contributed by atoms with E-state index in [2.05, 4.69) is 6.92 Å². The molecule has 3 nitrogen and oxygen atoms in total. The minimum Gasteiger partial charge on any atom is -0.493 e. The molecule has 0 spiro atoms. The number of carboxylic acid groups (broad SMARTS) is 1. The summed E-state index contributed by atoms with van der Waals surface area (Å²) in [5.41, 5.74) is 4.11. The lowest BCUT2D eigenvalue weighted by molar-refractivity contribution is -0.139. The van der Waals surface area contributed by atoms with Gasteiger partial charge in [-0.1, -0.05) is 48.9 Å². The molecule has 2 rings (SSSR count). The molecule has 1 atom stereocenters. The van der Waals surface area contributed by atoms with Gasteiger partial charge in [0, 0.05) is 0 Å². The van der Waals surface area contributed by atoms with Gasteiger partial charge in [-0.05, 0) is 49.4 Å². The van der Waals surface area contributed by atoms with Crippen LogP contribution in [0.5, 0.6) is 5.75 Å². The van der Waals surface area contributed by atoms with Crippen LogP contribution in [0.3, 0.4) is 0 Å². The fourth-order valence-electron chi connectivity index (χ4n) is 2.77. The maximum atomic E-state index is 11.7. The molecule has 2 aromatic carbocycles. The van der Waals surface area contributed by atoms with Crippen molar-refractivity contribution in [3.63, 3.8) is 0 Å². The smallest absolute Gasteiger partial charge is 0.311 e. The number of rotatable bonds is 7. The third-order valence-corrected chi connectivity index (χ3v) is 4.13. The standard InChI is InChI=1S/C20H24O3/c1-4-16-7-5-6-8-19(16)23-12-11-17(20(21)22)18-13-14(2)9-10-15(18)3/h5-10,13,17H,4,11-12H2,1-3H3,(H,21,22). The summed E-state index contributed by atoms with van der Waals surface area (Å²) in [5, 5.41) is 9.58. The second-order valence-corrected chi connectivity index (χ2v) is 5.85. The number of aryl methyl sites for hydroxylation is 3. The molecule has 122 valence electrons. The SMILES string of the molecule is CCc1ccccc1OCCC(C(=O)O)c1cc(C)ccc1C. The van der Waals surface area contributed by atoms with Crippen molar-refractivity contribution in [1.29, 1.82) is 0 Å². The normalized spacial score (nSPS) is 12.0. The van der Waals surface area contributed by atoms with E-state index in [1.54, 1.807) is 0 Å². The molecule has 3 heteroatoms. The zero-order valence-electron chi connectivity index (χ0n) is 14.0. The van der Waals surface area contributed by atoms with Gasteiger partial charge in [-0.3, -0.25) is 4.79 Å². The van der Waals surface area contributed by atoms with Gasteiger partial charge in [-0.15, -0.1) is 0 Å². The van der Waals surface area contributed by atoms with Crippen LogP contribution >= 0.6 is 0 Å². The maximum Gasteiger partial charge on any atom is 0.311 e. The molecule has 0 aliphatic heterocycles. The Hall–Kier alpha value is -2.29. The van der Waals surface area contributed by atoms with Crippen molar-refractivity contribution in [3.05, 3.63) is 64.7 Å². The molecule has 0 aliphatic carbocycles. The van der Waals surface area contributed by atoms with Gasteiger partial charge in [0.05, 0.1) is 12.5 Å². The first-order chi connectivity index (χ1) is 11.0. The Bertz CT molecular complexity index is 676. The van der Waals surface area contributed by atoms with Gasteiger partial charge in [-0.2, -0.15) is 0 Å². The molecular formula is C20H24O3. The molecule has 0 saturated carbocycles. The lowest BCUT2D eigenvalue weighted by Gasteiger charge is -2.17. The highest BCUT2D eigenvalue weighted by Crippen LogP contribution is 2.26. The van der Waals surface area contributed by atoms with Crippen molar-refractivity contribution in [1.82, 2.24) is 0 Å². The molecule has 0 bridgehead atoms. The number of carbonyl (C=O) groups is 1. The lowest BCUT2D eigenvalue weighted by atomic mass is 9.91. The average molecular weight is 312 g/mol. The van der Waals surface area contributed by atoms with Crippen LogP contribution in [0.25, 0.3) is 0 Å². The summed E-state index contributed by atoms with van der Waals surface area (Å²) >= 11 is 0. The zero-order valence-corrected chi connectivity index (χ0v) is 14.0. The van der Waals surface area contributed by atoms with E-state index < -0.39 is 11.9 Å². The van der Waals surface area contributed by atoms with Crippen molar-refractivity contribution < 1.29 is 14.6 Å². The van der Waals surface area contributed by atoms with Crippen LogP contribution < -0.4 is 4.74 Å². The number of aliphatic carboxylic acids is 1. The summed E-state index contributed by atoms with van der Waals surface area (Å²) in [6.45, 7) is 6.41. The van der Waals surface area contributed by atoms with Gasteiger partial charge in [0.15, 0.2) is 0 Å². The molecule has 2 aromatic rings. The second kappa shape index (κ2) is 7.82. The summed E-state index contributed by atoms with van der Waals surface area (Å²) < 4.78 is 5.84. The van der Waals surface area contributed by atoms with Crippen LogP contribution in [0.4, 0.5) is 0 Å².